The molecular formula is C23H25BrN6O3. The lowest BCUT2D eigenvalue weighted by molar-refractivity contribution is -0.136. The van der Waals surface area contributed by atoms with Crippen molar-refractivity contribution in [2.45, 2.75) is 50.9 Å². The molecule has 0 spiro atoms. The van der Waals surface area contributed by atoms with Gasteiger partial charge in [0.1, 0.15) is 16.5 Å². The summed E-state index contributed by atoms with van der Waals surface area (Å²) in [5, 5.41) is 5.76. The molecule has 3 aliphatic heterocycles. The molecule has 0 saturated carbocycles. The van der Waals surface area contributed by atoms with E-state index >= 15 is 0 Å². The van der Waals surface area contributed by atoms with E-state index in [2.05, 4.69) is 47.5 Å². The maximum absolute atomic E-state index is 13.0. The fraction of sp³-hybridized carbons (Fsp3) is 0.435. The standard InChI is InChI=1S/C23H25BrN6O3/c24-19-10-27-20(11-26-19)29(16-5-7-25-8-6-16)12-14-1-2-17-15(9-14)13-30(23(17)33)18-3-4-21(31)28-22(18)32/h1-2,9-11,16,18,25H,3-8,12-13H2,(H,28,31,32). The molecule has 9 nitrogen and oxygen atoms in total. The third-order valence-electron chi connectivity index (χ3n) is 6.59. The maximum atomic E-state index is 13.0. The molecule has 5 rings (SSSR count). The van der Waals surface area contributed by atoms with Crippen LogP contribution in [0.2, 0.25) is 0 Å². The van der Waals surface area contributed by atoms with Crippen molar-refractivity contribution in [3.05, 3.63) is 51.9 Å². The van der Waals surface area contributed by atoms with E-state index in [0.29, 0.717) is 35.7 Å². The highest BCUT2D eigenvalue weighted by Gasteiger charge is 2.39. The molecule has 172 valence electrons. The number of nitrogens with one attached hydrogen (secondary N) is 2. The highest BCUT2D eigenvalue weighted by molar-refractivity contribution is 9.10. The van der Waals surface area contributed by atoms with Gasteiger partial charge in [0.15, 0.2) is 0 Å². The van der Waals surface area contributed by atoms with Crippen LogP contribution < -0.4 is 15.5 Å². The summed E-state index contributed by atoms with van der Waals surface area (Å²) >= 11 is 3.36. The molecule has 33 heavy (non-hydrogen) atoms. The fourth-order valence-corrected chi connectivity index (χ4v) is 5.10. The van der Waals surface area contributed by atoms with Crippen molar-refractivity contribution in [2.24, 2.45) is 0 Å². The molecule has 0 radical (unpaired) electrons. The number of fused-ring (bicyclic) bond motifs is 1. The number of halogens is 1. The summed E-state index contributed by atoms with van der Waals surface area (Å²) in [6.45, 7) is 2.95. The molecule has 2 aromatic rings. The van der Waals surface area contributed by atoms with Crippen LogP contribution in [0.5, 0.6) is 0 Å². The van der Waals surface area contributed by atoms with Gasteiger partial charge in [-0.2, -0.15) is 0 Å². The molecule has 2 saturated heterocycles. The second kappa shape index (κ2) is 9.18. The first-order valence-electron chi connectivity index (χ1n) is 11.2. The van der Waals surface area contributed by atoms with Crippen molar-refractivity contribution in [3.63, 3.8) is 0 Å². The summed E-state index contributed by atoms with van der Waals surface area (Å²) in [4.78, 5) is 49.6. The number of hydrogen-bond acceptors (Lipinski definition) is 7. The Bertz CT molecular complexity index is 1090. The van der Waals surface area contributed by atoms with Crippen molar-refractivity contribution >= 4 is 39.5 Å². The van der Waals surface area contributed by atoms with Crippen molar-refractivity contribution in [3.8, 4) is 0 Å². The van der Waals surface area contributed by atoms with Gasteiger partial charge in [-0.05, 0) is 65.5 Å². The third-order valence-corrected chi connectivity index (χ3v) is 7.00. The van der Waals surface area contributed by atoms with Gasteiger partial charge >= 0.3 is 0 Å². The smallest absolute Gasteiger partial charge is 0.255 e. The Labute approximate surface area is 200 Å². The Hall–Kier alpha value is -2.85. The number of rotatable bonds is 5. The van der Waals surface area contributed by atoms with Gasteiger partial charge in [-0.15, -0.1) is 0 Å². The van der Waals surface area contributed by atoms with E-state index in [9.17, 15) is 14.4 Å². The summed E-state index contributed by atoms with van der Waals surface area (Å²) in [7, 11) is 0. The molecule has 3 amide bonds. The first kappa shape index (κ1) is 22.0. The Morgan fingerprint density at radius 1 is 1.09 bits per heavy atom. The molecule has 4 heterocycles. The Kier molecular flexibility index (Phi) is 6.11. The minimum Gasteiger partial charge on any atom is -0.348 e. The average molecular weight is 513 g/mol. The maximum Gasteiger partial charge on any atom is 0.255 e. The van der Waals surface area contributed by atoms with Crippen LogP contribution >= 0.6 is 15.9 Å². The minimum atomic E-state index is -0.602. The van der Waals surface area contributed by atoms with Gasteiger partial charge in [-0.25, -0.2) is 9.97 Å². The van der Waals surface area contributed by atoms with Gasteiger partial charge in [-0.1, -0.05) is 12.1 Å². The van der Waals surface area contributed by atoms with Crippen LogP contribution in [0.15, 0.2) is 35.2 Å². The summed E-state index contributed by atoms with van der Waals surface area (Å²) in [6.07, 6.45) is 6.15. The van der Waals surface area contributed by atoms with Crippen molar-refractivity contribution in [2.75, 3.05) is 18.0 Å². The van der Waals surface area contributed by atoms with Gasteiger partial charge in [-0.3, -0.25) is 19.7 Å². The predicted molar refractivity (Wildman–Crippen MR) is 124 cm³/mol. The van der Waals surface area contributed by atoms with E-state index in [4.69, 9.17) is 0 Å². The van der Waals surface area contributed by atoms with Crippen molar-refractivity contribution in [1.82, 2.24) is 25.5 Å². The lowest BCUT2D eigenvalue weighted by Crippen LogP contribution is -2.52. The molecule has 0 aliphatic carbocycles. The minimum absolute atomic E-state index is 0.153. The zero-order valence-electron chi connectivity index (χ0n) is 18.1. The molecule has 1 unspecified atom stereocenters. The van der Waals surface area contributed by atoms with E-state index in [0.717, 1.165) is 42.9 Å². The Balaban J connectivity index is 1.37. The summed E-state index contributed by atoms with van der Waals surface area (Å²) in [5.74, 6) is 0.00199. The topological polar surface area (TPSA) is 108 Å². The number of carbonyl (C=O) groups is 3. The van der Waals surface area contributed by atoms with E-state index in [1.165, 1.54) is 0 Å². The lowest BCUT2D eigenvalue weighted by Gasteiger charge is -2.35. The van der Waals surface area contributed by atoms with Crippen LogP contribution in [0, 0.1) is 0 Å². The lowest BCUT2D eigenvalue weighted by atomic mass is 10.0. The second-order valence-electron chi connectivity index (χ2n) is 8.70. The van der Waals surface area contributed by atoms with E-state index in [1.807, 2.05) is 12.1 Å². The molecule has 1 atom stereocenters. The molecule has 1 aromatic heterocycles. The first-order chi connectivity index (χ1) is 16.0. The summed E-state index contributed by atoms with van der Waals surface area (Å²) in [5.41, 5.74) is 2.62. The van der Waals surface area contributed by atoms with Gasteiger partial charge < -0.3 is 15.1 Å². The van der Waals surface area contributed by atoms with Crippen LogP contribution in [0.4, 0.5) is 5.82 Å². The monoisotopic (exact) mass is 512 g/mol. The molecule has 0 bridgehead atoms. The molecule has 10 heteroatoms. The van der Waals surface area contributed by atoms with Crippen molar-refractivity contribution < 1.29 is 14.4 Å². The second-order valence-corrected chi connectivity index (χ2v) is 9.51. The van der Waals surface area contributed by atoms with Crippen LogP contribution in [0.1, 0.15) is 47.2 Å². The zero-order chi connectivity index (χ0) is 22.9. The van der Waals surface area contributed by atoms with Crippen LogP contribution in [0.3, 0.4) is 0 Å². The van der Waals surface area contributed by atoms with Gasteiger partial charge in [0.2, 0.25) is 11.8 Å². The van der Waals surface area contributed by atoms with Crippen molar-refractivity contribution in [1.29, 1.82) is 0 Å². The highest BCUT2D eigenvalue weighted by atomic mass is 79.9. The third kappa shape index (κ3) is 4.49. The molecule has 2 fully saturated rings. The number of amides is 3. The molecular weight excluding hydrogens is 488 g/mol. The Morgan fingerprint density at radius 3 is 2.64 bits per heavy atom. The largest absolute Gasteiger partial charge is 0.348 e. The highest BCUT2D eigenvalue weighted by Crippen LogP contribution is 2.30. The SMILES string of the molecule is O=C1CCC(N2Cc3cc(CN(c4cnc(Br)cn4)C4CCNCC4)ccc3C2=O)C(=O)N1. The quantitative estimate of drug-likeness (QED) is 0.587. The van der Waals surface area contributed by atoms with E-state index < -0.39 is 11.9 Å². The number of benzene rings is 1. The Morgan fingerprint density at radius 2 is 1.91 bits per heavy atom. The molecule has 2 N–H and O–H groups in total. The van der Waals surface area contributed by atoms with Gasteiger partial charge in [0.05, 0.1) is 12.4 Å². The average Bonchev–Trinajstić information content (AvgIpc) is 3.14. The number of carbonyl (C=O) groups excluding carboxylic acids is 3. The van der Waals surface area contributed by atoms with E-state index in [1.54, 1.807) is 17.3 Å². The zero-order valence-corrected chi connectivity index (χ0v) is 19.7. The number of anilines is 1. The molecule has 1 aromatic carbocycles. The summed E-state index contributed by atoms with van der Waals surface area (Å²) in [6, 6.07) is 5.63. The number of aromatic nitrogens is 2. The predicted octanol–water partition coefficient (Wildman–Crippen LogP) is 1.76. The summed E-state index contributed by atoms with van der Waals surface area (Å²) < 4.78 is 0.695. The van der Waals surface area contributed by atoms with E-state index in [-0.39, 0.29) is 18.2 Å². The number of piperidine rings is 2. The van der Waals surface area contributed by atoms with Gasteiger partial charge in [0.25, 0.3) is 5.91 Å². The van der Waals surface area contributed by atoms with Crippen LogP contribution in [-0.2, 0) is 22.7 Å². The van der Waals surface area contributed by atoms with Crippen LogP contribution in [0.25, 0.3) is 0 Å². The first-order valence-corrected chi connectivity index (χ1v) is 12.0. The molecule has 3 aliphatic rings. The van der Waals surface area contributed by atoms with Gasteiger partial charge in [0, 0.05) is 31.1 Å². The number of hydrogen-bond donors (Lipinski definition) is 2. The normalized spacial score (nSPS) is 21.2. The number of imide groups is 1. The fourth-order valence-electron chi connectivity index (χ4n) is 4.89. The van der Waals surface area contributed by atoms with Crippen LogP contribution in [-0.4, -0.2) is 57.8 Å². The number of nitrogens with zero attached hydrogens (tertiary/aromatic N) is 4.